The topological polar surface area (TPSA) is 30.1 Å². The first-order chi connectivity index (χ1) is 32.5. The molecule has 331 valence electrons. The van der Waals surface area contributed by atoms with E-state index in [1.165, 1.54) is 116 Å². The molecule has 1 N–H and O–H groups in total. The Morgan fingerprint density at radius 3 is 2.06 bits per heavy atom. The van der Waals surface area contributed by atoms with Crippen LogP contribution >= 0.6 is 11.3 Å². The van der Waals surface area contributed by atoms with Crippen molar-refractivity contribution in [3.8, 4) is 27.9 Å². The molecule has 3 aliphatic rings. The van der Waals surface area contributed by atoms with Crippen LogP contribution in [0.3, 0.4) is 0 Å². The summed E-state index contributed by atoms with van der Waals surface area (Å²) in [6.45, 7) is 21.4. The normalized spacial score (nSPS) is 16.4. The molecule has 2 aliphatic carbocycles. The van der Waals surface area contributed by atoms with Crippen LogP contribution in [0.1, 0.15) is 103 Å². The fraction of sp³-hybridized carbons (Fsp3) is 0.238. The number of anilines is 2. The number of hydrogen-bond donors (Lipinski definition) is 1. The van der Waals surface area contributed by atoms with Crippen molar-refractivity contribution in [1.82, 2.24) is 4.57 Å². The number of fused-ring (bicyclic) bond motifs is 15. The van der Waals surface area contributed by atoms with Gasteiger partial charge in [-0.1, -0.05) is 141 Å². The summed E-state index contributed by atoms with van der Waals surface area (Å²) in [5.74, 6) is 0. The maximum atomic E-state index is 6.62. The highest BCUT2D eigenvalue weighted by molar-refractivity contribution is 7.25. The Hall–Kier alpha value is -6.56. The highest BCUT2D eigenvalue weighted by Crippen LogP contribution is 2.53. The lowest BCUT2D eigenvalue weighted by molar-refractivity contribution is 0.332. The van der Waals surface area contributed by atoms with E-state index >= 15 is 0 Å². The van der Waals surface area contributed by atoms with Crippen molar-refractivity contribution in [2.45, 2.75) is 96.8 Å². The van der Waals surface area contributed by atoms with Gasteiger partial charge in [0.05, 0.1) is 5.52 Å². The van der Waals surface area contributed by atoms with Gasteiger partial charge in [-0.25, -0.2) is 0 Å². The Bertz CT molecular complexity index is 4030. The number of aromatic nitrogens is 1. The fourth-order valence-electron chi connectivity index (χ4n) is 12.6. The van der Waals surface area contributed by atoms with E-state index in [1.807, 2.05) is 11.3 Å². The molecule has 0 saturated carbocycles. The summed E-state index contributed by atoms with van der Waals surface area (Å²) in [7, 11) is 2.47. The van der Waals surface area contributed by atoms with Crippen LogP contribution in [0.5, 0.6) is 0 Å². The molecule has 0 unspecified atom stereocenters. The number of para-hydroxylation sites is 1. The summed E-state index contributed by atoms with van der Waals surface area (Å²) < 4.78 is 11.9. The van der Waals surface area contributed by atoms with Gasteiger partial charge < -0.3 is 14.3 Å². The summed E-state index contributed by atoms with van der Waals surface area (Å²) >= 11 is 1.95. The predicted molar refractivity (Wildman–Crippen MR) is 293 cm³/mol. The maximum absolute atomic E-state index is 6.62. The molecule has 0 bridgehead atoms. The van der Waals surface area contributed by atoms with E-state index in [0.29, 0.717) is 0 Å². The van der Waals surface area contributed by atoms with Gasteiger partial charge in [-0.05, 0) is 134 Å². The van der Waals surface area contributed by atoms with E-state index in [4.69, 9.17) is 4.42 Å². The molecule has 3 aromatic heterocycles. The van der Waals surface area contributed by atoms with Crippen LogP contribution in [0.15, 0.2) is 138 Å². The minimum Gasteiger partial charge on any atom is -0.456 e. The van der Waals surface area contributed by atoms with E-state index in [0.717, 1.165) is 39.0 Å². The van der Waals surface area contributed by atoms with Gasteiger partial charge in [0.15, 0.2) is 7.28 Å². The molecule has 68 heavy (non-hydrogen) atoms. The molecule has 0 fully saturated rings. The van der Waals surface area contributed by atoms with Crippen LogP contribution in [0, 0.1) is 0 Å². The Kier molecular flexibility index (Phi) is 7.96. The van der Waals surface area contributed by atoms with Crippen molar-refractivity contribution in [2.24, 2.45) is 0 Å². The van der Waals surface area contributed by atoms with Crippen molar-refractivity contribution in [2.75, 3.05) is 5.32 Å². The highest BCUT2D eigenvalue weighted by atomic mass is 32.1. The van der Waals surface area contributed by atoms with Crippen LogP contribution in [0.2, 0.25) is 0 Å². The first-order valence-corrected chi connectivity index (χ1v) is 25.3. The van der Waals surface area contributed by atoms with E-state index in [9.17, 15) is 0 Å². The molecule has 8 aromatic carbocycles. The minimum absolute atomic E-state index is 0.0654. The zero-order valence-corrected chi connectivity index (χ0v) is 41.3. The van der Waals surface area contributed by atoms with Gasteiger partial charge in [0, 0.05) is 81.3 Å². The number of benzene rings is 8. The molecule has 3 nitrogen and oxygen atoms in total. The van der Waals surface area contributed by atoms with Crippen LogP contribution in [0.4, 0.5) is 11.4 Å². The number of hydrogen-bond acceptors (Lipinski definition) is 3. The van der Waals surface area contributed by atoms with Crippen molar-refractivity contribution in [1.29, 1.82) is 0 Å². The average Bonchev–Trinajstić information content (AvgIpc) is 4.03. The van der Waals surface area contributed by atoms with Gasteiger partial charge in [-0.2, -0.15) is 0 Å². The quantitative estimate of drug-likeness (QED) is 0.179. The van der Waals surface area contributed by atoms with Gasteiger partial charge in [0.1, 0.15) is 11.2 Å². The smallest absolute Gasteiger partial charge is 0.197 e. The van der Waals surface area contributed by atoms with Crippen LogP contribution in [0.25, 0.3) is 91.9 Å². The second-order valence-corrected chi connectivity index (χ2v) is 24.2. The highest BCUT2D eigenvalue weighted by Gasteiger charge is 2.39. The van der Waals surface area contributed by atoms with Gasteiger partial charge in [0.25, 0.3) is 0 Å². The standard InChI is InChI=1S/C63H54BN2OS/c1-60(2,3)34-18-20-35(21-19-34)65-51-29-45-44-27-48-49(62(6,7)25-24-61(48,4)5)32-57(44)68-56(45)31-41(51)38-22-23-39-42-26-47-40(36-14-10-12-16-46(36)63(47,8)9)30-52(42)66-53-33-55-43(28-50(53)64-58(38)59(39)66)37-15-11-13-17-54(37)67-55/h10-23,26-33,65H,24-25H2,1-9H3. The third-order valence-corrected chi connectivity index (χ3v) is 17.8. The summed E-state index contributed by atoms with van der Waals surface area (Å²) in [5.41, 5.74) is 22.5. The summed E-state index contributed by atoms with van der Waals surface area (Å²) in [4.78, 5) is 0. The first-order valence-electron chi connectivity index (χ1n) is 24.5. The molecule has 4 heterocycles. The zero-order chi connectivity index (χ0) is 46.4. The molecule has 1 radical (unpaired) electrons. The Morgan fingerprint density at radius 1 is 0.559 bits per heavy atom. The molecule has 11 aromatic rings. The zero-order valence-electron chi connectivity index (χ0n) is 40.5. The predicted octanol–water partition coefficient (Wildman–Crippen LogP) is 16.4. The molecule has 0 saturated heterocycles. The summed E-state index contributed by atoms with van der Waals surface area (Å²) in [6, 6.07) is 51.1. The summed E-state index contributed by atoms with van der Waals surface area (Å²) in [5, 5.41) is 11.5. The Labute approximate surface area is 403 Å². The third-order valence-electron chi connectivity index (χ3n) is 16.6. The van der Waals surface area contributed by atoms with E-state index in [1.54, 1.807) is 0 Å². The lowest BCUT2D eigenvalue weighted by Gasteiger charge is -2.41. The number of furan rings is 1. The Morgan fingerprint density at radius 2 is 1.26 bits per heavy atom. The molecule has 0 atom stereocenters. The maximum Gasteiger partial charge on any atom is 0.197 e. The van der Waals surface area contributed by atoms with Gasteiger partial charge in [-0.3, -0.25) is 0 Å². The summed E-state index contributed by atoms with van der Waals surface area (Å²) in [6.07, 6.45) is 2.40. The molecule has 14 rings (SSSR count). The number of rotatable bonds is 3. The van der Waals surface area contributed by atoms with Gasteiger partial charge in [-0.15, -0.1) is 11.3 Å². The van der Waals surface area contributed by atoms with Crippen molar-refractivity contribution in [3.63, 3.8) is 0 Å². The average molecular weight is 898 g/mol. The lowest BCUT2D eigenvalue weighted by Crippen LogP contribution is -2.37. The molecule has 1 aliphatic heterocycles. The monoisotopic (exact) mass is 897 g/mol. The Balaban J connectivity index is 1.06. The number of nitrogens with zero attached hydrogens (tertiary/aromatic N) is 1. The van der Waals surface area contributed by atoms with E-state index in [2.05, 4.69) is 213 Å². The first kappa shape index (κ1) is 40.5. The fourth-order valence-corrected chi connectivity index (χ4v) is 13.8. The SMILES string of the molecule is CC(C)(C)c1ccc(Nc2cc3c(cc2-c2ccc4c5cc6c(cc5n5c4c2[B]c2cc4c(cc2-5)oc2ccccc24)-c2ccccc2C6(C)C)sc2cc4c(cc23)C(C)(C)CCC4(C)C)cc1. The van der Waals surface area contributed by atoms with Gasteiger partial charge >= 0.3 is 0 Å². The van der Waals surface area contributed by atoms with Crippen LogP contribution in [-0.2, 0) is 21.7 Å². The second kappa shape index (κ2) is 13.4. The second-order valence-electron chi connectivity index (χ2n) is 23.1. The van der Waals surface area contributed by atoms with Crippen LogP contribution in [-0.4, -0.2) is 11.8 Å². The van der Waals surface area contributed by atoms with Crippen LogP contribution < -0.4 is 16.2 Å². The molecule has 0 spiro atoms. The molecule has 0 amide bonds. The minimum atomic E-state index is -0.113. The molecular weight excluding hydrogens is 844 g/mol. The van der Waals surface area contributed by atoms with Gasteiger partial charge in [0.2, 0.25) is 0 Å². The van der Waals surface area contributed by atoms with E-state index < -0.39 is 0 Å². The number of nitrogens with one attached hydrogen (secondary N) is 1. The van der Waals surface area contributed by atoms with E-state index in [-0.39, 0.29) is 21.7 Å². The third kappa shape index (κ3) is 5.54. The molecular formula is C63H54BN2OS. The lowest BCUT2D eigenvalue weighted by atomic mass is 9.59. The molecule has 5 heteroatoms. The number of thiophene rings is 1. The van der Waals surface area contributed by atoms with Crippen molar-refractivity contribution < 1.29 is 4.42 Å². The van der Waals surface area contributed by atoms with Crippen molar-refractivity contribution >= 4 is 105 Å². The van der Waals surface area contributed by atoms with Crippen molar-refractivity contribution in [3.05, 3.63) is 161 Å². The largest absolute Gasteiger partial charge is 0.456 e.